The van der Waals surface area contributed by atoms with Gasteiger partial charge in [0.05, 0.1) is 6.54 Å². The van der Waals surface area contributed by atoms with Gasteiger partial charge < -0.3 is 15.7 Å². The van der Waals surface area contributed by atoms with E-state index in [1.54, 1.807) is 6.07 Å². The number of carbonyl (C=O) groups is 2. The summed E-state index contributed by atoms with van der Waals surface area (Å²) in [5.74, 6) is -0.913. The summed E-state index contributed by atoms with van der Waals surface area (Å²) < 4.78 is 0. The van der Waals surface area contributed by atoms with E-state index in [9.17, 15) is 9.59 Å². The van der Waals surface area contributed by atoms with E-state index >= 15 is 0 Å². The van der Waals surface area contributed by atoms with Crippen molar-refractivity contribution in [2.45, 2.75) is 31.8 Å². The van der Waals surface area contributed by atoms with Crippen LogP contribution in [0.4, 0.5) is 11.4 Å². The number of benzene rings is 2. The highest BCUT2D eigenvalue weighted by molar-refractivity contribution is 5.95. The quantitative estimate of drug-likeness (QED) is 0.668. The van der Waals surface area contributed by atoms with Crippen LogP contribution in [-0.2, 0) is 4.79 Å². The number of carbonyl (C=O) groups excluding carboxylic acids is 1. The summed E-state index contributed by atoms with van der Waals surface area (Å²) in [6, 6.07) is 17.5. The average Bonchev–Trinajstić information content (AvgIpc) is 2.63. The molecule has 1 saturated carbocycles. The normalized spacial score (nSPS) is 18.6. The van der Waals surface area contributed by atoms with Crippen molar-refractivity contribution in [2.75, 3.05) is 18.4 Å². The smallest absolute Gasteiger partial charge is 0.317 e. The fraction of sp³-hybridized carbons (Fsp3) is 0.333. The number of likely N-dealkylation sites (N-methyl/N-ethyl adjacent to an activating group) is 1. The van der Waals surface area contributed by atoms with Crippen molar-refractivity contribution in [3.63, 3.8) is 0 Å². The summed E-state index contributed by atoms with van der Waals surface area (Å²) in [4.78, 5) is 25.4. The maximum absolute atomic E-state index is 12.5. The molecule has 2 aromatic rings. The molecule has 0 unspecified atom stereocenters. The molecule has 1 amide bonds. The molecule has 1 aliphatic rings. The zero-order chi connectivity index (χ0) is 19.2. The summed E-state index contributed by atoms with van der Waals surface area (Å²) in [7, 11) is 0. The average molecular weight is 367 g/mol. The lowest BCUT2D eigenvalue weighted by Crippen LogP contribution is -2.54. The molecule has 2 aromatic carbocycles. The van der Waals surface area contributed by atoms with Crippen molar-refractivity contribution in [1.82, 2.24) is 10.2 Å². The summed E-state index contributed by atoms with van der Waals surface area (Å²) in [6.45, 7) is 2.71. The van der Waals surface area contributed by atoms with Crippen LogP contribution < -0.4 is 10.6 Å². The van der Waals surface area contributed by atoms with E-state index < -0.39 is 5.97 Å². The van der Waals surface area contributed by atoms with Gasteiger partial charge in [0, 0.05) is 29.0 Å². The number of anilines is 2. The third-order valence-electron chi connectivity index (χ3n) is 4.90. The molecule has 0 aliphatic heterocycles. The van der Waals surface area contributed by atoms with Crippen molar-refractivity contribution in [3.8, 4) is 0 Å². The van der Waals surface area contributed by atoms with Crippen molar-refractivity contribution in [3.05, 3.63) is 60.2 Å². The minimum Gasteiger partial charge on any atom is -0.480 e. The number of rotatable bonds is 8. The van der Waals surface area contributed by atoms with Crippen LogP contribution in [0.2, 0.25) is 0 Å². The highest BCUT2D eigenvalue weighted by Crippen LogP contribution is 2.26. The molecule has 27 heavy (non-hydrogen) atoms. The van der Waals surface area contributed by atoms with Crippen molar-refractivity contribution in [1.29, 1.82) is 0 Å². The minimum absolute atomic E-state index is 0.0506. The second-order valence-electron chi connectivity index (χ2n) is 6.82. The van der Waals surface area contributed by atoms with E-state index in [1.165, 1.54) is 0 Å². The number of hydrogen-bond donors (Lipinski definition) is 3. The zero-order valence-electron chi connectivity index (χ0n) is 15.4. The van der Waals surface area contributed by atoms with Crippen molar-refractivity contribution < 1.29 is 14.7 Å². The molecule has 0 spiro atoms. The number of carboxylic acids is 1. The minimum atomic E-state index is -0.813. The van der Waals surface area contributed by atoms with Crippen LogP contribution in [0.1, 0.15) is 30.1 Å². The van der Waals surface area contributed by atoms with Gasteiger partial charge in [-0.05, 0) is 49.7 Å². The Morgan fingerprint density at radius 2 is 1.78 bits per heavy atom. The fourth-order valence-corrected chi connectivity index (χ4v) is 3.37. The fourth-order valence-electron chi connectivity index (χ4n) is 3.37. The maximum atomic E-state index is 12.5. The Kier molecular flexibility index (Phi) is 6.08. The van der Waals surface area contributed by atoms with Gasteiger partial charge in [-0.1, -0.05) is 31.2 Å². The molecular formula is C21H25N3O3. The first-order chi connectivity index (χ1) is 13.0. The summed E-state index contributed by atoms with van der Waals surface area (Å²) in [6.07, 6.45) is 1.57. The van der Waals surface area contributed by atoms with Crippen LogP contribution in [-0.4, -0.2) is 47.1 Å². The van der Waals surface area contributed by atoms with Crippen LogP contribution in [0.5, 0.6) is 0 Å². The largest absolute Gasteiger partial charge is 0.480 e. The Labute approximate surface area is 159 Å². The number of para-hydroxylation sites is 1. The summed E-state index contributed by atoms with van der Waals surface area (Å²) in [5, 5.41) is 15.3. The first-order valence-corrected chi connectivity index (χ1v) is 9.24. The predicted octanol–water partition coefficient (Wildman–Crippen LogP) is 3.10. The molecule has 1 aliphatic carbocycles. The summed E-state index contributed by atoms with van der Waals surface area (Å²) in [5.41, 5.74) is 2.44. The van der Waals surface area contributed by atoms with Crippen LogP contribution in [0.15, 0.2) is 54.6 Å². The van der Waals surface area contributed by atoms with Gasteiger partial charge in [0.15, 0.2) is 0 Å². The molecule has 3 N–H and O–H groups in total. The van der Waals surface area contributed by atoms with E-state index in [0.29, 0.717) is 12.1 Å². The van der Waals surface area contributed by atoms with Gasteiger partial charge in [0.25, 0.3) is 5.91 Å². The van der Waals surface area contributed by atoms with Gasteiger partial charge in [0.2, 0.25) is 0 Å². The first kappa shape index (κ1) is 18.9. The molecular weight excluding hydrogens is 342 g/mol. The van der Waals surface area contributed by atoms with Gasteiger partial charge >= 0.3 is 5.97 Å². The van der Waals surface area contributed by atoms with Crippen molar-refractivity contribution >= 4 is 23.3 Å². The topological polar surface area (TPSA) is 81.7 Å². The van der Waals surface area contributed by atoms with Crippen LogP contribution in [0, 0.1) is 0 Å². The molecule has 0 heterocycles. The molecule has 142 valence electrons. The van der Waals surface area contributed by atoms with E-state index in [2.05, 4.69) is 10.6 Å². The number of hydrogen-bond acceptors (Lipinski definition) is 4. The van der Waals surface area contributed by atoms with Gasteiger partial charge in [-0.3, -0.25) is 14.5 Å². The second-order valence-corrected chi connectivity index (χ2v) is 6.82. The van der Waals surface area contributed by atoms with Gasteiger partial charge in [0.1, 0.15) is 0 Å². The first-order valence-electron chi connectivity index (χ1n) is 9.24. The monoisotopic (exact) mass is 367 g/mol. The van der Waals surface area contributed by atoms with Crippen LogP contribution >= 0.6 is 0 Å². The number of carboxylic acid groups (broad SMARTS) is 1. The Balaban J connectivity index is 1.53. The third-order valence-corrected chi connectivity index (χ3v) is 4.90. The zero-order valence-corrected chi connectivity index (χ0v) is 15.4. The van der Waals surface area contributed by atoms with E-state index in [4.69, 9.17) is 5.11 Å². The lowest BCUT2D eigenvalue weighted by molar-refractivity contribution is -0.139. The summed E-state index contributed by atoms with van der Waals surface area (Å²) >= 11 is 0. The lowest BCUT2D eigenvalue weighted by Gasteiger charge is -2.42. The molecule has 0 aromatic heterocycles. The Bertz CT molecular complexity index is 788. The van der Waals surface area contributed by atoms with Gasteiger partial charge in [-0.25, -0.2) is 0 Å². The Hall–Kier alpha value is -2.86. The second kappa shape index (κ2) is 8.68. The Morgan fingerprint density at radius 1 is 1.07 bits per heavy atom. The molecule has 0 radical (unpaired) electrons. The van der Waals surface area contributed by atoms with Crippen molar-refractivity contribution in [2.24, 2.45) is 0 Å². The molecule has 3 rings (SSSR count). The highest BCUT2D eigenvalue weighted by atomic mass is 16.4. The molecule has 6 heteroatoms. The van der Waals surface area contributed by atoms with Crippen LogP contribution in [0.3, 0.4) is 0 Å². The van der Waals surface area contributed by atoms with Gasteiger partial charge in [-0.2, -0.15) is 0 Å². The van der Waals surface area contributed by atoms with E-state index in [0.717, 1.165) is 24.2 Å². The number of nitrogens with zero attached hydrogens (tertiary/aromatic N) is 1. The van der Waals surface area contributed by atoms with Crippen LogP contribution in [0.25, 0.3) is 0 Å². The number of amides is 1. The Morgan fingerprint density at radius 3 is 2.44 bits per heavy atom. The molecule has 6 nitrogen and oxygen atoms in total. The third kappa shape index (κ3) is 5.08. The standard InChI is InChI=1S/C21H25N3O3/c1-2-24(14-20(25)26)19-12-18(13-19)23-21(27)15-7-6-10-17(11-15)22-16-8-4-3-5-9-16/h3-11,18-19,22H,2,12-14H2,1H3,(H,23,27)(H,25,26). The lowest BCUT2D eigenvalue weighted by atomic mass is 9.85. The van der Waals surface area contributed by atoms with E-state index in [-0.39, 0.29) is 24.5 Å². The maximum Gasteiger partial charge on any atom is 0.317 e. The number of aliphatic carboxylic acids is 1. The molecule has 0 bridgehead atoms. The van der Waals surface area contributed by atoms with E-state index in [1.807, 2.05) is 60.4 Å². The SMILES string of the molecule is CCN(CC(=O)O)C1CC(NC(=O)c2cccc(Nc3ccccc3)c2)C1. The van der Waals surface area contributed by atoms with Gasteiger partial charge in [-0.15, -0.1) is 0 Å². The highest BCUT2D eigenvalue weighted by Gasteiger charge is 2.34. The molecule has 0 saturated heterocycles. The predicted molar refractivity (Wildman–Crippen MR) is 105 cm³/mol. The number of nitrogens with one attached hydrogen (secondary N) is 2. The molecule has 1 fully saturated rings. The molecule has 0 atom stereocenters.